The molecule has 0 aromatic heterocycles. The molecule has 2 saturated heterocycles. The highest BCUT2D eigenvalue weighted by Gasteiger charge is 2.56. The first-order chi connectivity index (χ1) is 23.9. The van der Waals surface area contributed by atoms with Gasteiger partial charge in [0.2, 0.25) is 30.3 Å². The summed E-state index contributed by atoms with van der Waals surface area (Å²) in [5.74, 6) is -1.28. The number of benzene rings is 1. The Kier molecular flexibility index (Phi) is 10.4. The zero-order valence-electron chi connectivity index (χ0n) is 29.4. The second-order valence-electron chi connectivity index (χ2n) is 15.3. The van der Waals surface area contributed by atoms with Crippen LogP contribution in [0.4, 0.5) is 0 Å². The molecule has 0 unspecified atom stereocenters. The number of likely N-dealkylation sites (tertiary alicyclic amines) is 1. The lowest BCUT2D eigenvalue weighted by molar-refractivity contribution is -0.145. The maximum Gasteiger partial charge on any atom is 0.289 e. The number of rotatable bonds is 12. The predicted octanol–water partition coefficient (Wildman–Crippen LogP) is 2.36. The number of amides is 4. The van der Waals surface area contributed by atoms with Gasteiger partial charge in [-0.15, -0.1) is 0 Å². The number of Topliss-reactive ketones (excluding diaryl/α,β-unsaturated/α-hetero) is 1. The number of ether oxygens (including phenoxy) is 3. The van der Waals surface area contributed by atoms with Crippen LogP contribution in [-0.4, -0.2) is 96.3 Å². The van der Waals surface area contributed by atoms with Crippen molar-refractivity contribution in [3.63, 3.8) is 0 Å². The molecule has 4 atom stereocenters. The molecule has 4 aliphatic heterocycles. The molecule has 1 aliphatic carbocycles. The number of hydrogen-bond donors (Lipinski definition) is 3. The Morgan fingerprint density at radius 3 is 2.46 bits per heavy atom. The van der Waals surface area contributed by atoms with Crippen molar-refractivity contribution in [2.75, 3.05) is 26.6 Å². The van der Waals surface area contributed by atoms with Crippen LogP contribution >= 0.6 is 0 Å². The van der Waals surface area contributed by atoms with E-state index >= 15 is 0 Å². The van der Waals surface area contributed by atoms with Gasteiger partial charge in [-0.25, -0.2) is 0 Å². The molecule has 1 spiro atoms. The first kappa shape index (κ1) is 35.6. The molecule has 5 aliphatic rings. The van der Waals surface area contributed by atoms with Crippen LogP contribution in [0.2, 0.25) is 0 Å². The largest absolute Gasteiger partial charge is 0.454 e. The summed E-state index contributed by atoms with van der Waals surface area (Å²) in [6, 6.07) is 2.41. The highest BCUT2D eigenvalue weighted by Crippen LogP contribution is 2.41. The van der Waals surface area contributed by atoms with Crippen LogP contribution in [-0.2, 0) is 33.5 Å². The molecule has 14 nitrogen and oxygen atoms in total. The third kappa shape index (κ3) is 8.06. The van der Waals surface area contributed by atoms with Gasteiger partial charge in [-0.1, -0.05) is 39.3 Å². The first-order valence-electron chi connectivity index (χ1n) is 17.8. The van der Waals surface area contributed by atoms with Gasteiger partial charge in [-0.05, 0) is 61.6 Å². The fourth-order valence-corrected chi connectivity index (χ4v) is 7.08. The second-order valence-corrected chi connectivity index (χ2v) is 15.3. The van der Waals surface area contributed by atoms with Crippen molar-refractivity contribution in [2.45, 2.75) is 115 Å². The van der Waals surface area contributed by atoms with Crippen molar-refractivity contribution in [3.8, 4) is 11.5 Å². The van der Waals surface area contributed by atoms with Crippen LogP contribution < -0.4 is 25.4 Å². The number of ketones is 1. The number of carbonyl (C=O) groups is 5. The molecule has 1 saturated carbocycles. The third-order valence-corrected chi connectivity index (χ3v) is 10.1. The molecule has 0 radical (unpaired) electrons. The van der Waals surface area contributed by atoms with Gasteiger partial charge in [0, 0.05) is 44.1 Å². The number of nitrogens with zero attached hydrogens (tertiary/aromatic N) is 2. The summed E-state index contributed by atoms with van der Waals surface area (Å²) >= 11 is 0. The van der Waals surface area contributed by atoms with Crippen molar-refractivity contribution in [3.05, 3.63) is 23.8 Å². The number of carbonyl (C=O) groups excluding carboxylic acids is 5. The summed E-state index contributed by atoms with van der Waals surface area (Å²) < 4.78 is 16.4. The quantitative estimate of drug-likeness (QED) is 0.278. The SMILES string of the molecule is CCC[C@H](NC(=O)[C@@H]1C[C@]2(CC(c3ccc4c(c3)OCO4)=NO2)CN1C(=O)[C@@H](NC(=O)CC1CCOCC1)C(C)(C)C)C(=O)C(=O)NC1CC1. The van der Waals surface area contributed by atoms with Crippen LogP contribution in [0.3, 0.4) is 0 Å². The van der Waals surface area contributed by atoms with Crippen molar-refractivity contribution in [2.24, 2.45) is 16.5 Å². The molecule has 3 fully saturated rings. The van der Waals surface area contributed by atoms with Crippen LogP contribution in [0.1, 0.15) is 91.0 Å². The Morgan fingerprint density at radius 2 is 1.76 bits per heavy atom. The highest BCUT2D eigenvalue weighted by molar-refractivity contribution is 6.38. The topological polar surface area (TPSA) is 174 Å². The van der Waals surface area contributed by atoms with E-state index in [1.807, 2.05) is 39.8 Å². The van der Waals surface area contributed by atoms with Gasteiger partial charge in [0.25, 0.3) is 5.91 Å². The molecule has 4 heterocycles. The van der Waals surface area contributed by atoms with E-state index in [-0.39, 0.29) is 50.5 Å². The van der Waals surface area contributed by atoms with E-state index in [1.54, 1.807) is 6.07 Å². The van der Waals surface area contributed by atoms with Gasteiger partial charge in [-0.3, -0.25) is 24.0 Å². The average Bonchev–Trinajstić information content (AvgIpc) is 3.44. The zero-order chi connectivity index (χ0) is 35.6. The molecule has 0 bridgehead atoms. The molecule has 1 aromatic carbocycles. The Morgan fingerprint density at radius 1 is 1.02 bits per heavy atom. The number of oxime groups is 1. The fraction of sp³-hybridized carbons (Fsp3) is 0.667. The van der Waals surface area contributed by atoms with E-state index in [2.05, 4.69) is 21.1 Å². The van der Waals surface area contributed by atoms with E-state index < -0.39 is 52.6 Å². The van der Waals surface area contributed by atoms with Gasteiger partial charge in [0.05, 0.1) is 18.3 Å². The summed E-state index contributed by atoms with van der Waals surface area (Å²) in [6.45, 7) is 8.83. The summed E-state index contributed by atoms with van der Waals surface area (Å²) in [5, 5.41) is 12.9. The van der Waals surface area contributed by atoms with Crippen LogP contribution in [0.25, 0.3) is 0 Å². The molecule has 1 aromatic rings. The van der Waals surface area contributed by atoms with E-state index in [9.17, 15) is 24.0 Å². The Balaban J connectivity index is 1.23. The third-order valence-electron chi connectivity index (χ3n) is 10.1. The molecular weight excluding hydrogens is 646 g/mol. The van der Waals surface area contributed by atoms with Gasteiger partial charge in [0.1, 0.15) is 12.1 Å². The normalized spacial score (nSPS) is 24.3. The van der Waals surface area contributed by atoms with Crippen LogP contribution in [0.15, 0.2) is 23.4 Å². The average molecular weight is 696 g/mol. The number of hydrogen-bond acceptors (Lipinski definition) is 10. The predicted molar refractivity (Wildman–Crippen MR) is 180 cm³/mol. The molecule has 4 amide bonds. The summed E-state index contributed by atoms with van der Waals surface area (Å²) in [6.07, 6.45) is 4.67. The monoisotopic (exact) mass is 695 g/mol. The van der Waals surface area contributed by atoms with E-state index in [0.29, 0.717) is 43.3 Å². The minimum absolute atomic E-state index is 0.0123. The van der Waals surface area contributed by atoms with Gasteiger partial charge >= 0.3 is 0 Å². The molecular formula is C36H49N5O9. The maximum absolute atomic E-state index is 14.6. The number of fused-ring (bicyclic) bond motifs is 1. The van der Waals surface area contributed by atoms with Crippen molar-refractivity contribution in [1.82, 2.24) is 20.9 Å². The van der Waals surface area contributed by atoms with Gasteiger partial charge < -0.3 is 39.9 Å². The number of nitrogens with one attached hydrogen (secondary N) is 3. The molecule has 272 valence electrons. The Bertz CT molecular complexity index is 1530. The molecule has 50 heavy (non-hydrogen) atoms. The van der Waals surface area contributed by atoms with Crippen molar-refractivity contribution < 1.29 is 43.0 Å². The van der Waals surface area contributed by atoms with Crippen molar-refractivity contribution >= 4 is 35.1 Å². The molecule has 3 N–H and O–H groups in total. The lowest BCUT2D eigenvalue weighted by Gasteiger charge is -2.36. The molecule has 14 heteroatoms. The van der Waals surface area contributed by atoms with E-state index in [1.165, 1.54) is 4.90 Å². The summed E-state index contributed by atoms with van der Waals surface area (Å²) in [4.78, 5) is 75.5. The minimum atomic E-state index is -1.05. The van der Waals surface area contributed by atoms with Crippen LogP contribution in [0.5, 0.6) is 11.5 Å². The molecule has 6 rings (SSSR count). The maximum atomic E-state index is 14.6. The smallest absolute Gasteiger partial charge is 0.289 e. The fourth-order valence-electron chi connectivity index (χ4n) is 7.08. The van der Waals surface area contributed by atoms with Crippen molar-refractivity contribution in [1.29, 1.82) is 0 Å². The lowest BCUT2D eigenvalue weighted by Crippen LogP contribution is -2.59. The zero-order valence-corrected chi connectivity index (χ0v) is 29.4. The van der Waals surface area contributed by atoms with E-state index in [0.717, 1.165) is 31.2 Å². The summed E-state index contributed by atoms with van der Waals surface area (Å²) in [7, 11) is 0. The standard InChI is InChI=1S/C36H49N5O9/c1-5-6-24(30(43)33(45)37-23-8-9-23)38-32(44)26-18-36(17-25(40-50-36)22-7-10-27-28(16-22)49-20-48-27)19-41(26)34(46)31(35(2,3)4)39-29(42)15-21-11-13-47-14-12-21/h7,10,16,21,23-24,26,31H,5-6,8-9,11-15,17-20H2,1-4H3,(H,37,45)(H,38,44)(H,39,42)/t24-,26-,31+,36+/m0/s1. The second kappa shape index (κ2) is 14.6. The minimum Gasteiger partial charge on any atom is -0.454 e. The Hall–Kier alpha value is -4.20. The highest BCUT2D eigenvalue weighted by atomic mass is 16.7. The van der Waals surface area contributed by atoms with E-state index in [4.69, 9.17) is 19.0 Å². The van der Waals surface area contributed by atoms with Gasteiger partial charge in [-0.2, -0.15) is 0 Å². The lowest BCUT2D eigenvalue weighted by atomic mass is 9.85. The first-order valence-corrected chi connectivity index (χ1v) is 17.8. The summed E-state index contributed by atoms with van der Waals surface area (Å²) in [5.41, 5.74) is -0.346. The Labute approximate surface area is 292 Å². The van der Waals surface area contributed by atoms with Gasteiger partial charge in [0.15, 0.2) is 17.1 Å². The van der Waals surface area contributed by atoms with Crippen LogP contribution in [0, 0.1) is 11.3 Å².